The third kappa shape index (κ3) is 2.73. The molecule has 0 spiro atoms. The molecule has 0 fully saturated rings. The number of aromatic nitrogens is 1. The van der Waals surface area contributed by atoms with Crippen LogP contribution < -0.4 is 5.32 Å². The van der Waals surface area contributed by atoms with Crippen molar-refractivity contribution < 1.29 is 9.90 Å². The van der Waals surface area contributed by atoms with E-state index in [4.69, 9.17) is 0 Å². The van der Waals surface area contributed by atoms with Gasteiger partial charge in [0, 0.05) is 16.1 Å². The van der Waals surface area contributed by atoms with Crippen LogP contribution in [0.2, 0.25) is 0 Å². The molecule has 1 heterocycles. The van der Waals surface area contributed by atoms with E-state index in [1.54, 1.807) is 24.4 Å². The minimum Gasteiger partial charge on any atom is -0.507 e. The third-order valence-corrected chi connectivity index (χ3v) is 3.59. The number of amides is 1. The number of nitrogens with one attached hydrogen (secondary N) is 1. The highest BCUT2D eigenvalue weighted by Gasteiger charge is 2.13. The van der Waals surface area contributed by atoms with Crippen molar-refractivity contribution in [3.8, 4) is 5.75 Å². The molecule has 0 radical (unpaired) electrons. The second kappa shape index (κ2) is 5.54. The average Bonchev–Trinajstić information content (AvgIpc) is 2.50. The van der Waals surface area contributed by atoms with Gasteiger partial charge < -0.3 is 10.4 Å². The standard InChI is InChI=1S/C16H11BrN2O2/c17-10-6-7-15(20)12(9-10)16(21)19-14-5-1-4-13-11(14)3-2-8-18-13/h1-9,20H,(H,19,21). The molecular weight excluding hydrogens is 332 g/mol. The van der Waals surface area contributed by atoms with Gasteiger partial charge in [0.25, 0.3) is 5.91 Å². The molecule has 0 saturated carbocycles. The molecule has 0 atom stereocenters. The first-order chi connectivity index (χ1) is 10.1. The molecule has 21 heavy (non-hydrogen) atoms. The Morgan fingerprint density at radius 3 is 2.86 bits per heavy atom. The van der Waals surface area contributed by atoms with Crippen molar-refractivity contribution in [2.24, 2.45) is 0 Å². The number of carbonyl (C=O) groups excluding carboxylic acids is 1. The monoisotopic (exact) mass is 342 g/mol. The second-order valence-corrected chi connectivity index (χ2v) is 5.41. The van der Waals surface area contributed by atoms with Gasteiger partial charge >= 0.3 is 0 Å². The Balaban J connectivity index is 1.99. The number of anilines is 1. The topological polar surface area (TPSA) is 62.2 Å². The summed E-state index contributed by atoms with van der Waals surface area (Å²) in [4.78, 5) is 16.6. The summed E-state index contributed by atoms with van der Waals surface area (Å²) in [7, 11) is 0. The highest BCUT2D eigenvalue weighted by Crippen LogP contribution is 2.25. The Morgan fingerprint density at radius 1 is 1.14 bits per heavy atom. The second-order valence-electron chi connectivity index (χ2n) is 4.49. The number of aromatic hydroxyl groups is 1. The fourth-order valence-electron chi connectivity index (χ4n) is 2.09. The van der Waals surface area contributed by atoms with Crippen LogP contribution in [0.3, 0.4) is 0 Å². The average molecular weight is 343 g/mol. The zero-order valence-corrected chi connectivity index (χ0v) is 12.5. The summed E-state index contributed by atoms with van der Waals surface area (Å²) in [5.41, 5.74) is 1.67. The fourth-order valence-corrected chi connectivity index (χ4v) is 2.45. The van der Waals surface area contributed by atoms with Gasteiger partial charge in [0.15, 0.2) is 0 Å². The molecule has 1 amide bonds. The normalized spacial score (nSPS) is 10.5. The lowest BCUT2D eigenvalue weighted by molar-refractivity contribution is 0.102. The number of rotatable bonds is 2. The lowest BCUT2D eigenvalue weighted by Gasteiger charge is -2.09. The summed E-state index contributed by atoms with van der Waals surface area (Å²) >= 11 is 3.29. The van der Waals surface area contributed by atoms with Crippen LogP contribution in [0.4, 0.5) is 5.69 Å². The van der Waals surface area contributed by atoms with Crippen molar-refractivity contribution in [3.05, 3.63) is 64.8 Å². The van der Waals surface area contributed by atoms with Crippen molar-refractivity contribution in [3.63, 3.8) is 0 Å². The smallest absolute Gasteiger partial charge is 0.259 e. The number of benzene rings is 2. The summed E-state index contributed by atoms with van der Waals surface area (Å²) in [6, 6.07) is 13.9. The fraction of sp³-hybridized carbons (Fsp3) is 0. The van der Waals surface area contributed by atoms with Crippen molar-refractivity contribution in [1.29, 1.82) is 0 Å². The van der Waals surface area contributed by atoms with E-state index in [9.17, 15) is 9.90 Å². The Hall–Kier alpha value is -2.40. The van der Waals surface area contributed by atoms with Crippen LogP contribution in [0.5, 0.6) is 5.75 Å². The Kier molecular flexibility index (Phi) is 3.58. The van der Waals surface area contributed by atoms with Gasteiger partial charge in [-0.15, -0.1) is 0 Å². The molecule has 3 aromatic rings. The minimum absolute atomic E-state index is 0.0611. The van der Waals surface area contributed by atoms with E-state index in [1.165, 1.54) is 6.07 Å². The van der Waals surface area contributed by atoms with Crippen LogP contribution in [0.25, 0.3) is 10.9 Å². The maximum Gasteiger partial charge on any atom is 0.259 e. The van der Waals surface area contributed by atoms with Gasteiger partial charge in [0.1, 0.15) is 5.75 Å². The number of phenols is 1. The number of halogens is 1. The van der Waals surface area contributed by atoms with Crippen LogP contribution in [0.1, 0.15) is 10.4 Å². The molecule has 0 saturated heterocycles. The minimum atomic E-state index is -0.370. The number of fused-ring (bicyclic) bond motifs is 1. The SMILES string of the molecule is O=C(Nc1cccc2ncccc12)c1cc(Br)ccc1O. The number of phenolic OH excluding ortho intramolecular Hbond substituents is 1. The summed E-state index contributed by atoms with van der Waals surface area (Å²) in [5.74, 6) is -0.431. The molecule has 2 N–H and O–H groups in total. The molecule has 0 bridgehead atoms. The highest BCUT2D eigenvalue weighted by molar-refractivity contribution is 9.10. The third-order valence-electron chi connectivity index (χ3n) is 3.10. The molecule has 0 aliphatic heterocycles. The van der Waals surface area contributed by atoms with E-state index < -0.39 is 0 Å². The molecule has 0 aliphatic rings. The van der Waals surface area contributed by atoms with Crippen molar-refractivity contribution in [2.45, 2.75) is 0 Å². The molecule has 0 aliphatic carbocycles. The van der Waals surface area contributed by atoms with Gasteiger partial charge in [-0.2, -0.15) is 0 Å². The number of nitrogens with zero attached hydrogens (tertiary/aromatic N) is 1. The summed E-state index contributed by atoms with van der Waals surface area (Å²) in [6.07, 6.45) is 1.70. The van der Waals surface area contributed by atoms with Crippen molar-refractivity contribution in [2.75, 3.05) is 5.32 Å². The molecule has 1 aromatic heterocycles. The molecule has 5 heteroatoms. The van der Waals surface area contributed by atoms with E-state index in [1.807, 2.05) is 24.3 Å². The maximum atomic E-state index is 12.3. The Bertz CT molecular complexity index is 828. The Morgan fingerprint density at radius 2 is 2.00 bits per heavy atom. The molecule has 3 rings (SSSR count). The largest absolute Gasteiger partial charge is 0.507 e. The maximum absolute atomic E-state index is 12.3. The van der Waals surface area contributed by atoms with Crippen LogP contribution >= 0.6 is 15.9 Å². The molecule has 4 nitrogen and oxygen atoms in total. The Labute approximate surface area is 129 Å². The lowest BCUT2D eigenvalue weighted by atomic mass is 10.1. The predicted molar refractivity (Wildman–Crippen MR) is 85.5 cm³/mol. The summed E-state index contributed by atoms with van der Waals surface area (Å²) < 4.78 is 0.727. The number of hydrogen-bond acceptors (Lipinski definition) is 3. The summed E-state index contributed by atoms with van der Waals surface area (Å²) in [5, 5.41) is 13.5. The van der Waals surface area contributed by atoms with E-state index in [-0.39, 0.29) is 17.2 Å². The van der Waals surface area contributed by atoms with Crippen LogP contribution in [-0.2, 0) is 0 Å². The first kappa shape index (κ1) is 13.6. The van der Waals surface area contributed by atoms with Gasteiger partial charge in [0.2, 0.25) is 0 Å². The molecule has 104 valence electrons. The summed E-state index contributed by atoms with van der Waals surface area (Å²) in [6.45, 7) is 0. The van der Waals surface area contributed by atoms with E-state index in [0.29, 0.717) is 5.69 Å². The van der Waals surface area contributed by atoms with Gasteiger partial charge in [-0.05, 0) is 42.5 Å². The molecular formula is C16H11BrN2O2. The van der Waals surface area contributed by atoms with Crippen molar-refractivity contribution in [1.82, 2.24) is 4.98 Å². The van der Waals surface area contributed by atoms with E-state index >= 15 is 0 Å². The van der Waals surface area contributed by atoms with Crippen LogP contribution in [0, 0.1) is 0 Å². The zero-order valence-electron chi connectivity index (χ0n) is 10.9. The van der Waals surface area contributed by atoms with Crippen molar-refractivity contribution >= 4 is 38.4 Å². The van der Waals surface area contributed by atoms with E-state index in [2.05, 4.69) is 26.2 Å². The number of hydrogen-bond donors (Lipinski definition) is 2. The van der Waals surface area contributed by atoms with Gasteiger partial charge in [-0.25, -0.2) is 0 Å². The van der Waals surface area contributed by atoms with Gasteiger partial charge in [0.05, 0.1) is 16.8 Å². The molecule has 2 aromatic carbocycles. The van der Waals surface area contributed by atoms with Crippen LogP contribution in [0.15, 0.2) is 59.2 Å². The van der Waals surface area contributed by atoms with Crippen LogP contribution in [-0.4, -0.2) is 16.0 Å². The van der Waals surface area contributed by atoms with Gasteiger partial charge in [-0.1, -0.05) is 22.0 Å². The number of carbonyl (C=O) groups is 1. The van der Waals surface area contributed by atoms with E-state index in [0.717, 1.165) is 15.4 Å². The zero-order chi connectivity index (χ0) is 14.8. The van der Waals surface area contributed by atoms with Gasteiger partial charge in [-0.3, -0.25) is 9.78 Å². The highest BCUT2D eigenvalue weighted by atomic mass is 79.9. The lowest BCUT2D eigenvalue weighted by Crippen LogP contribution is -2.12. The molecule has 0 unspecified atom stereocenters. The first-order valence-corrected chi connectivity index (χ1v) is 7.08. The predicted octanol–water partition coefficient (Wildman–Crippen LogP) is 3.96. The number of pyridine rings is 1. The quantitative estimate of drug-likeness (QED) is 0.741. The first-order valence-electron chi connectivity index (χ1n) is 6.29.